The van der Waals surface area contributed by atoms with Gasteiger partial charge in [-0.1, -0.05) is 23.4 Å². The van der Waals surface area contributed by atoms with Gasteiger partial charge < -0.3 is 14.5 Å². The highest BCUT2D eigenvalue weighted by atomic mass is 35.5. The van der Waals surface area contributed by atoms with E-state index in [2.05, 4.69) is 20.5 Å². The number of halogens is 1. The number of hydrogen-bond acceptors (Lipinski definition) is 6. The van der Waals surface area contributed by atoms with Crippen molar-refractivity contribution < 1.29 is 14.3 Å². The van der Waals surface area contributed by atoms with Gasteiger partial charge in [0.05, 0.1) is 23.0 Å². The third-order valence-corrected chi connectivity index (χ3v) is 4.67. The summed E-state index contributed by atoms with van der Waals surface area (Å²) in [5.41, 5.74) is 4.93. The second kappa shape index (κ2) is 7.27. The number of ether oxygens (including phenoxy) is 2. The van der Waals surface area contributed by atoms with Crippen molar-refractivity contribution in [3.8, 4) is 11.5 Å². The van der Waals surface area contributed by atoms with Crippen LogP contribution in [0.4, 0.5) is 0 Å². The molecule has 0 bridgehead atoms. The lowest BCUT2D eigenvalue weighted by molar-refractivity contribution is -0.118. The molecule has 2 heterocycles. The molecule has 0 spiro atoms. The van der Waals surface area contributed by atoms with Crippen LogP contribution >= 0.6 is 23.4 Å². The van der Waals surface area contributed by atoms with E-state index in [1.54, 1.807) is 30.5 Å². The van der Waals surface area contributed by atoms with Crippen LogP contribution in [0.2, 0.25) is 5.02 Å². The highest BCUT2D eigenvalue weighted by Gasteiger charge is 2.12. The fraction of sp³-hybridized carbons (Fsp3) is 0.118. The molecular formula is C17H13ClN4O3S. The Kier molecular flexibility index (Phi) is 4.68. The maximum absolute atomic E-state index is 11.9. The first-order chi connectivity index (χ1) is 12.7. The second-order valence-corrected chi connectivity index (χ2v) is 6.80. The summed E-state index contributed by atoms with van der Waals surface area (Å²) in [5.74, 6) is 1.33. The number of nitrogens with zero attached hydrogens (tertiary/aromatic N) is 2. The third-order valence-electron chi connectivity index (χ3n) is 3.56. The molecule has 0 saturated heterocycles. The normalized spacial score (nSPS) is 12.8. The zero-order valence-electron chi connectivity index (χ0n) is 13.4. The largest absolute Gasteiger partial charge is 0.454 e. The van der Waals surface area contributed by atoms with Crippen LogP contribution in [0.3, 0.4) is 0 Å². The van der Waals surface area contributed by atoms with Gasteiger partial charge in [0.15, 0.2) is 16.7 Å². The molecule has 0 unspecified atom stereocenters. The minimum Gasteiger partial charge on any atom is -0.454 e. The summed E-state index contributed by atoms with van der Waals surface area (Å²) in [7, 11) is 0. The van der Waals surface area contributed by atoms with E-state index in [0.717, 1.165) is 16.6 Å². The van der Waals surface area contributed by atoms with Crippen LogP contribution in [-0.4, -0.2) is 34.6 Å². The van der Waals surface area contributed by atoms with Gasteiger partial charge in [-0.05, 0) is 42.0 Å². The maximum Gasteiger partial charge on any atom is 0.250 e. The number of hydrogen-bond donors (Lipinski definition) is 2. The SMILES string of the molecule is O=C(CSc1nc2ccc(Cl)cc2[nH]1)N/N=C/c1ccc2c(c1)OCO2. The lowest BCUT2D eigenvalue weighted by Crippen LogP contribution is -2.19. The lowest BCUT2D eigenvalue weighted by Gasteiger charge is -1.99. The summed E-state index contributed by atoms with van der Waals surface area (Å²) in [6.45, 7) is 0.220. The lowest BCUT2D eigenvalue weighted by atomic mass is 10.2. The molecule has 3 aromatic rings. The number of fused-ring (bicyclic) bond motifs is 2. The molecular weight excluding hydrogens is 376 g/mol. The number of thioether (sulfide) groups is 1. The fourth-order valence-electron chi connectivity index (χ4n) is 2.37. The van der Waals surface area contributed by atoms with Crippen LogP contribution in [0.1, 0.15) is 5.56 Å². The number of benzene rings is 2. The van der Waals surface area contributed by atoms with Gasteiger partial charge in [-0.15, -0.1) is 0 Å². The molecule has 26 heavy (non-hydrogen) atoms. The van der Waals surface area contributed by atoms with E-state index in [4.69, 9.17) is 21.1 Å². The quantitative estimate of drug-likeness (QED) is 0.398. The number of imidazole rings is 1. The van der Waals surface area contributed by atoms with E-state index in [1.807, 2.05) is 12.1 Å². The topological polar surface area (TPSA) is 88.6 Å². The molecule has 1 aliphatic heterocycles. The van der Waals surface area contributed by atoms with Crippen molar-refractivity contribution in [2.24, 2.45) is 5.10 Å². The highest BCUT2D eigenvalue weighted by Crippen LogP contribution is 2.32. The molecule has 0 atom stereocenters. The fourth-order valence-corrected chi connectivity index (χ4v) is 3.21. The summed E-state index contributed by atoms with van der Waals surface area (Å²) >= 11 is 7.24. The van der Waals surface area contributed by atoms with Crippen LogP contribution in [0.5, 0.6) is 11.5 Å². The molecule has 0 aliphatic carbocycles. The van der Waals surface area contributed by atoms with Gasteiger partial charge in [0, 0.05) is 5.02 Å². The number of aromatic nitrogens is 2. The molecule has 0 saturated carbocycles. The number of carbonyl (C=O) groups is 1. The third kappa shape index (κ3) is 3.76. The predicted molar refractivity (Wildman–Crippen MR) is 100 cm³/mol. The average Bonchev–Trinajstić information content (AvgIpc) is 3.25. The molecule has 0 radical (unpaired) electrons. The highest BCUT2D eigenvalue weighted by molar-refractivity contribution is 7.99. The Labute approximate surface area is 157 Å². The van der Waals surface area contributed by atoms with Crippen LogP contribution in [-0.2, 0) is 4.79 Å². The number of carbonyl (C=O) groups excluding carboxylic acids is 1. The summed E-state index contributed by atoms with van der Waals surface area (Å²) in [5, 5.41) is 5.23. The van der Waals surface area contributed by atoms with Crippen LogP contribution in [0.25, 0.3) is 11.0 Å². The van der Waals surface area contributed by atoms with Crippen molar-refractivity contribution in [2.75, 3.05) is 12.5 Å². The Morgan fingerprint density at radius 1 is 1.31 bits per heavy atom. The molecule has 1 aliphatic rings. The van der Waals surface area contributed by atoms with Gasteiger partial charge in [-0.2, -0.15) is 5.10 Å². The molecule has 0 fully saturated rings. The van der Waals surface area contributed by atoms with Gasteiger partial charge in [-0.3, -0.25) is 4.79 Å². The Morgan fingerprint density at radius 3 is 3.12 bits per heavy atom. The molecule has 2 N–H and O–H groups in total. The number of H-pyrrole nitrogens is 1. The number of aromatic amines is 1. The molecule has 9 heteroatoms. The minimum absolute atomic E-state index is 0.187. The molecule has 1 aromatic heterocycles. The van der Waals surface area contributed by atoms with Crippen LogP contribution in [0.15, 0.2) is 46.7 Å². The van der Waals surface area contributed by atoms with Crippen LogP contribution < -0.4 is 14.9 Å². The Balaban J connectivity index is 1.30. The number of rotatable bonds is 5. The Hall–Kier alpha value is -2.71. The smallest absolute Gasteiger partial charge is 0.250 e. The average molecular weight is 389 g/mol. The monoisotopic (exact) mass is 388 g/mol. The zero-order valence-corrected chi connectivity index (χ0v) is 14.9. The maximum atomic E-state index is 11.9. The van der Waals surface area contributed by atoms with Crippen molar-refractivity contribution in [3.05, 3.63) is 47.0 Å². The first-order valence-corrected chi connectivity index (χ1v) is 9.03. The van der Waals surface area contributed by atoms with Crippen molar-refractivity contribution in [1.29, 1.82) is 0 Å². The van der Waals surface area contributed by atoms with Gasteiger partial charge in [-0.25, -0.2) is 10.4 Å². The number of nitrogens with one attached hydrogen (secondary N) is 2. The number of hydrazone groups is 1. The summed E-state index contributed by atoms with van der Waals surface area (Å²) < 4.78 is 10.5. The van der Waals surface area contributed by atoms with Crippen molar-refractivity contribution in [3.63, 3.8) is 0 Å². The van der Waals surface area contributed by atoms with Crippen molar-refractivity contribution in [1.82, 2.24) is 15.4 Å². The summed E-state index contributed by atoms with van der Waals surface area (Å²) in [6, 6.07) is 10.8. The van der Waals surface area contributed by atoms with E-state index < -0.39 is 0 Å². The van der Waals surface area contributed by atoms with E-state index in [1.165, 1.54) is 11.8 Å². The van der Waals surface area contributed by atoms with Gasteiger partial charge in [0.25, 0.3) is 5.91 Å². The predicted octanol–water partition coefficient (Wildman–Crippen LogP) is 3.19. The zero-order chi connectivity index (χ0) is 17.9. The second-order valence-electron chi connectivity index (χ2n) is 5.40. The van der Waals surface area contributed by atoms with E-state index in [-0.39, 0.29) is 18.5 Å². The summed E-state index contributed by atoms with van der Waals surface area (Å²) in [6.07, 6.45) is 1.55. The van der Waals surface area contributed by atoms with E-state index in [9.17, 15) is 4.79 Å². The summed E-state index contributed by atoms with van der Waals surface area (Å²) in [4.78, 5) is 19.4. The standard InChI is InChI=1S/C17H13ClN4O3S/c18-11-2-3-12-13(6-11)21-17(20-12)26-8-16(23)22-19-7-10-1-4-14-15(5-10)25-9-24-14/h1-7H,8-9H2,(H,20,21)(H,22,23)/b19-7+. The van der Waals surface area contributed by atoms with Gasteiger partial charge in [0.2, 0.25) is 6.79 Å². The van der Waals surface area contributed by atoms with Crippen molar-refractivity contribution in [2.45, 2.75) is 5.16 Å². The first-order valence-electron chi connectivity index (χ1n) is 7.67. The van der Waals surface area contributed by atoms with E-state index in [0.29, 0.717) is 21.7 Å². The van der Waals surface area contributed by atoms with Gasteiger partial charge >= 0.3 is 0 Å². The van der Waals surface area contributed by atoms with Crippen molar-refractivity contribution >= 4 is 46.5 Å². The van der Waals surface area contributed by atoms with Gasteiger partial charge in [0.1, 0.15) is 0 Å². The molecule has 7 nitrogen and oxygen atoms in total. The first kappa shape index (κ1) is 16.7. The molecule has 2 aromatic carbocycles. The van der Waals surface area contributed by atoms with Crippen LogP contribution in [0, 0.1) is 0 Å². The Bertz CT molecular complexity index is 1000. The minimum atomic E-state index is -0.231. The van der Waals surface area contributed by atoms with E-state index >= 15 is 0 Å². The number of amides is 1. The molecule has 132 valence electrons. The molecule has 4 rings (SSSR count). The Morgan fingerprint density at radius 2 is 2.19 bits per heavy atom. The molecule has 1 amide bonds.